The van der Waals surface area contributed by atoms with Crippen molar-refractivity contribution in [2.45, 2.75) is 26.3 Å². The van der Waals surface area contributed by atoms with E-state index in [1.165, 1.54) is 4.88 Å². The van der Waals surface area contributed by atoms with Gasteiger partial charge in [-0.25, -0.2) is 0 Å². The molecule has 0 saturated carbocycles. The second kappa shape index (κ2) is 9.72. The van der Waals surface area contributed by atoms with Crippen LogP contribution in [0.4, 0.5) is 0 Å². The topological polar surface area (TPSA) is 81.1 Å². The van der Waals surface area contributed by atoms with E-state index in [9.17, 15) is 0 Å². The highest BCUT2D eigenvalue weighted by molar-refractivity contribution is 14.0. The molecule has 0 aliphatic heterocycles. The fraction of sp³-hybridized carbons (Fsp3) is 0.462. The number of nitrogens with one attached hydrogen (secondary N) is 1. The highest BCUT2D eigenvalue weighted by Gasteiger charge is 2.00. The number of rotatable bonds is 7. The number of guanidine groups is 1. The van der Waals surface area contributed by atoms with Crippen LogP contribution in [-0.4, -0.2) is 33.8 Å². The molecule has 8 heteroatoms. The molecule has 0 fully saturated rings. The van der Waals surface area contributed by atoms with Crippen LogP contribution in [0.15, 0.2) is 28.8 Å². The summed E-state index contributed by atoms with van der Waals surface area (Å²) in [5.41, 5.74) is 5.82. The second-order valence-electron chi connectivity index (χ2n) is 4.32. The van der Waals surface area contributed by atoms with Crippen LogP contribution in [0.1, 0.15) is 17.6 Å². The molecule has 2 aromatic heterocycles. The molecule has 3 N–H and O–H groups in total. The predicted molar refractivity (Wildman–Crippen MR) is 97.3 cm³/mol. The Bertz CT molecular complexity index is 537. The molecule has 0 aliphatic carbocycles. The average molecular weight is 420 g/mol. The van der Waals surface area contributed by atoms with Gasteiger partial charge in [-0.15, -0.1) is 45.5 Å². The molecule has 2 aromatic rings. The molecule has 0 spiro atoms. The zero-order valence-corrected chi connectivity index (χ0v) is 15.2. The zero-order valence-electron chi connectivity index (χ0n) is 12.0. The first-order chi connectivity index (χ1) is 9.79. The molecular formula is C13H21IN6S. The number of thiophene rings is 1. The summed E-state index contributed by atoms with van der Waals surface area (Å²) in [6, 6.07) is 4.16. The van der Waals surface area contributed by atoms with Crippen LogP contribution in [0.25, 0.3) is 0 Å². The number of aryl methyl sites for hydroxylation is 1. The average Bonchev–Trinajstić information content (AvgIpc) is 3.09. The fourth-order valence-electron chi connectivity index (χ4n) is 1.84. The minimum absolute atomic E-state index is 0. The van der Waals surface area contributed by atoms with E-state index in [4.69, 9.17) is 5.73 Å². The Balaban J connectivity index is 0.00000220. The van der Waals surface area contributed by atoms with E-state index in [-0.39, 0.29) is 24.0 Å². The molecule has 0 unspecified atom stereocenters. The lowest BCUT2D eigenvalue weighted by Crippen LogP contribution is -2.34. The normalized spacial score (nSPS) is 11.2. The monoisotopic (exact) mass is 420 g/mol. The van der Waals surface area contributed by atoms with Gasteiger partial charge in [0.05, 0.1) is 0 Å². The van der Waals surface area contributed by atoms with E-state index in [1.54, 1.807) is 17.7 Å². The van der Waals surface area contributed by atoms with Gasteiger partial charge in [0.15, 0.2) is 5.96 Å². The first-order valence-electron chi connectivity index (χ1n) is 6.72. The molecule has 0 amide bonds. The number of hydrogen-bond acceptors (Lipinski definition) is 4. The molecule has 0 aromatic carbocycles. The van der Waals surface area contributed by atoms with Crippen molar-refractivity contribution in [1.82, 2.24) is 20.1 Å². The fourth-order valence-corrected chi connectivity index (χ4v) is 2.54. The summed E-state index contributed by atoms with van der Waals surface area (Å²) in [5, 5.41) is 13.1. The van der Waals surface area contributed by atoms with Gasteiger partial charge in [0, 0.05) is 37.4 Å². The van der Waals surface area contributed by atoms with Crippen molar-refractivity contribution in [1.29, 1.82) is 0 Å². The summed E-state index contributed by atoms with van der Waals surface area (Å²) in [6.07, 6.45) is 3.56. The van der Waals surface area contributed by atoms with Crippen LogP contribution >= 0.6 is 35.3 Å². The van der Waals surface area contributed by atoms with Crippen molar-refractivity contribution in [3.63, 3.8) is 0 Å². The van der Waals surface area contributed by atoms with Crippen molar-refractivity contribution in [2.24, 2.45) is 10.7 Å². The summed E-state index contributed by atoms with van der Waals surface area (Å²) in [4.78, 5) is 5.64. The minimum Gasteiger partial charge on any atom is -0.370 e. The third kappa shape index (κ3) is 6.00. The van der Waals surface area contributed by atoms with Crippen molar-refractivity contribution >= 4 is 41.3 Å². The van der Waals surface area contributed by atoms with Gasteiger partial charge in [-0.3, -0.25) is 4.99 Å². The van der Waals surface area contributed by atoms with Crippen molar-refractivity contribution in [3.05, 3.63) is 34.5 Å². The Kier molecular flexibility index (Phi) is 8.28. The summed E-state index contributed by atoms with van der Waals surface area (Å²) < 4.78 is 2.02. The van der Waals surface area contributed by atoms with Gasteiger partial charge in [0.1, 0.15) is 12.2 Å². The van der Waals surface area contributed by atoms with Crippen LogP contribution in [0.5, 0.6) is 0 Å². The highest BCUT2D eigenvalue weighted by atomic mass is 127. The van der Waals surface area contributed by atoms with E-state index < -0.39 is 0 Å². The van der Waals surface area contributed by atoms with Gasteiger partial charge in [0.2, 0.25) is 0 Å². The van der Waals surface area contributed by atoms with Gasteiger partial charge in [-0.05, 0) is 11.4 Å². The zero-order chi connectivity index (χ0) is 14.2. The maximum Gasteiger partial charge on any atom is 0.188 e. The summed E-state index contributed by atoms with van der Waals surface area (Å²) in [6.45, 7) is 4.29. The van der Waals surface area contributed by atoms with Gasteiger partial charge >= 0.3 is 0 Å². The van der Waals surface area contributed by atoms with E-state index in [0.717, 1.165) is 31.8 Å². The molecule has 0 saturated heterocycles. The lowest BCUT2D eigenvalue weighted by molar-refractivity contribution is 0.638. The number of nitrogens with zero attached hydrogens (tertiary/aromatic N) is 4. The maximum absolute atomic E-state index is 5.82. The lowest BCUT2D eigenvalue weighted by Gasteiger charge is -2.07. The van der Waals surface area contributed by atoms with Gasteiger partial charge in [-0.2, -0.15) is 0 Å². The van der Waals surface area contributed by atoms with Crippen molar-refractivity contribution < 1.29 is 0 Å². The molecule has 0 atom stereocenters. The Hall–Kier alpha value is -1.16. The van der Waals surface area contributed by atoms with E-state index >= 15 is 0 Å². The molecule has 0 radical (unpaired) electrons. The minimum atomic E-state index is 0. The first kappa shape index (κ1) is 17.9. The van der Waals surface area contributed by atoms with E-state index in [1.807, 2.05) is 4.57 Å². The Morgan fingerprint density at radius 3 is 3.10 bits per heavy atom. The smallest absolute Gasteiger partial charge is 0.188 e. The Morgan fingerprint density at radius 2 is 2.38 bits per heavy atom. The van der Waals surface area contributed by atoms with Crippen LogP contribution in [0, 0.1) is 0 Å². The lowest BCUT2D eigenvalue weighted by atomic mass is 10.3. The summed E-state index contributed by atoms with van der Waals surface area (Å²) in [5.74, 6) is 1.48. The van der Waals surface area contributed by atoms with Gasteiger partial charge in [0.25, 0.3) is 0 Å². The quantitative estimate of drug-likeness (QED) is 0.406. The molecule has 0 bridgehead atoms. The molecule has 6 nitrogen and oxygen atoms in total. The standard InChI is InChI=1S/C13H20N6S.HI/c1-2-12-18-17-10-19(12)8-7-16-13(14)15-6-5-11-4-3-9-20-11;/h3-4,9-10H,2,5-8H2,1H3,(H3,14,15,16);1H. The van der Waals surface area contributed by atoms with Gasteiger partial charge in [-0.1, -0.05) is 13.0 Å². The van der Waals surface area contributed by atoms with Crippen LogP contribution in [0.3, 0.4) is 0 Å². The SMILES string of the molecule is CCc1nncn1CCNC(N)=NCCc1cccs1.I. The molecule has 2 rings (SSSR count). The molecule has 21 heavy (non-hydrogen) atoms. The number of aliphatic imine (C=N–C) groups is 1. The number of halogens is 1. The van der Waals surface area contributed by atoms with Crippen LogP contribution in [0.2, 0.25) is 0 Å². The van der Waals surface area contributed by atoms with E-state index in [0.29, 0.717) is 12.5 Å². The van der Waals surface area contributed by atoms with Crippen molar-refractivity contribution in [2.75, 3.05) is 13.1 Å². The van der Waals surface area contributed by atoms with Crippen LogP contribution in [-0.2, 0) is 19.4 Å². The second-order valence-corrected chi connectivity index (χ2v) is 5.35. The van der Waals surface area contributed by atoms with Crippen molar-refractivity contribution in [3.8, 4) is 0 Å². The summed E-state index contributed by atoms with van der Waals surface area (Å²) in [7, 11) is 0. The van der Waals surface area contributed by atoms with E-state index in [2.05, 4.69) is 44.9 Å². The number of hydrogen-bond donors (Lipinski definition) is 2. The highest BCUT2D eigenvalue weighted by Crippen LogP contribution is 2.08. The Labute approximate surface area is 145 Å². The predicted octanol–water partition coefficient (Wildman–Crippen LogP) is 1.67. The number of aromatic nitrogens is 3. The van der Waals surface area contributed by atoms with Crippen LogP contribution < -0.4 is 11.1 Å². The number of nitrogens with two attached hydrogens (primary N) is 1. The third-order valence-electron chi connectivity index (χ3n) is 2.89. The first-order valence-corrected chi connectivity index (χ1v) is 7.60. The maximum atomic E-state index is 5.82. The molecule has 0 aliphatic rings. The molecule has 2 heterocycles. The molecular weight excluding hydrogens is 399 g/mol. The molecule has 116 valence electrons. The summed E-state index contributed by atoms with van der Waals surface area (Å²) >= 11 is 1.75. The largest absolute Gasteiger partial charge is 0.370 e. The van der Waals surface area contributed by atoms with Gasteiger partial charge < -0.3 is 15.6 Å². The Morgan fingerprint density at radius 1 is 1.52 bits per heavy atom. The third-order valence-corrected chi connectivity index (χ3v) is 3.83.